The third kappa shape index (κ3) is 3.08. The summed E-state index contributed by atoms with van der Waals surface area (Å²) in [4.78, 5) is 6.83. The molecule has 0 radical (unpaired) electrons. The van der Waals surface area contributed by atoms with Gasteiger partial charge in [-0.1, -0.05) is 0 Å². The maximum atomic E-state index is 6.03. The number of thioether (sulfide) groups is 1. The first-order valence-electron chi connectivity index (χ1n) is 6.77. The van der Waals surface area contributed by atoms with E-state index in [9.17, 15) is 0 Å². The van der Waals surface area contributed by atoms with Crippen LogP contribution in [0.2, 0.25) is 0 Å². The Kier molecular flexibility index (Phi) is 5.09. The second-order valence-electron chi connectivity index (χ2n) is 5.07. The van der Waals surface area contributed by atoms with Gasteiger partial charge in [0.1, 0.15) is 0 Å². The lowest BCUT2D eigenvalue weighted by Crippen LogP contribution is -2.36. The van der Waals surface area contributed by atoms with Crippen molar-refractivity contribution in [1.82, 2.24) is 14.5 Å². The minimum Gasteiger partial charge on any atom is -0.331 e. The number of nitrogens with zero attached hydrogens (tertiary/aromatic N) is 3. The van der Waals surface area contributed by atoms with Crippen LogP contribution in [0.4, 0.5) is 0 Å². The lowest BCUT2D eigenvalue weighted by Gasteiger charge is -2.30. The van der Waals surface area contributed by atoms with E-state index in [0.29, 0.717) is 18.6 Å². The maximum absolute atomic E-state index is 6.03. The number of nitrogens with two attached hydrogens (primary N) is 1. The summed E-state index contributed by atoms with van der Waals surface area (Å²) in [5.41, 5.74) is 7.29. The van der Waals surface area contributed by atoms with Crippen LogP contribution in [0.3, 0.4) is 0 Å². The molecule has 5 heteroatoms. The molecule has 1 aromatic rings. The Morgan fingerprint density at radius 3 is 2.94 bits per heavy atom. The van der Waals surface area contributed by atoms with Crippen LogP contribution in [0.1, 0.15) is 38.0 Å². The van der Waals surface area contributed by atoms with Crippen LogP contribution in [-0.4, -0.2) is 45.6 Å². The van der Waals surface area contributed by atoms with Crippen molar-refractivity contribution in [2.45, 2.75) is 32.4 Å². The van der Waals surface area contributed by atoms with E-state index in [4.69, 9.17) is 5.73 Å². The van der Waals surface area contributed by atoms with Crippen molar-refractivity contribution in [3.8, 4) is 0 Å². The molecule has 1 fully saturated rings. The van der Waals surface area contributed by atoms with Crippen LogP contribution < -0.4 is 5.73 Å². The molecule has 18 heavy (non-hydrogen) atoms. The van der Waals surface area contributed by atoms with Gasteiger partial charge in [-0.15, -0.1) is 0 Å². The minimum atomic E-state index is 0.314. The molecule has 4 nitrogen and oxygen atoms in total. The summed E-state index contributed by atoms with van der Waals surface area (Å²) >= 11 is 2.05. The van der Waals surface area contributed by atoms with Gasteiger partial charge in [-0.2, -0.15) is 11.8 Å². The Morgan fingerprint density at radius 1 is 1.39 bits per heavy atom. The topological polar surface area (TPSA) is 47.1 Å². The molecule has 0 amide bonds. The summed E-state index contributed by atoms with van der Waals surface area (Å²) in [6.07, 6.45) is 5.17. The Morgan fingerprint density at radius 2 is 2.22 bits per heavy atom. The molecule has 1 aromatic heterocycles. The zero-order chi connectivity index (χ0) is 13.0. The van der Waals surface area contributed by atoms with Crippen LogP contribution in [0.5, 0.6) is 0 Å². The highest BCUT2D eigenvalue weighted by atomic mass is 32.2. The SMILES string of the molecule is CC(C)n1cncc1C(CN)N1CCCSCC1. The third-order valence-corrected chi connectivity index (χ3v) is 4.56. The van der Waals surface area contributed by atoms with Gasteiger partial charge in [0.2, 0.25) is 0 Å². The monoisotopic (exact) mass is 268 g/mol. The summed E-state index contributed by atoms with van der Waals surface area (Å²) in [6, 6.07) is 0.756. The second kappa shape index (κ2) is 6.59. The highest BCUT2D eigenvalue weighted by molar-refractivity contribution is 7.99. The minimum absolute atomic E-state index is 0.314. The summed E-state index contributed by atoms with van der Waals surface area (Å²) in [5, 5.41) is 0. The van der Waals surface area contributed by atoms with Gasteiger partial charge in [0.05, 0.1) is 18.1 Å². The molecule has 1 aliphatic heterocycles. The van der Waals surface area contributed by atoms with Gasteiger partial charge >= 0.3 is 0 Å². The van der Waals surface area contributed by atoms with E-state index < -0.39 is 0 Å². The van der Waals surface area contributed by atoms with E-state index in [1.165, 1.54) is 23.6 Å². The average molecular weight is 268 g/mol. The van der Waals surface area contributed by atoms with Crippen molar-refractivity contribution in [3.05, 3.63) is 18.2 Å². The fourth-order valence-corrected chi connectivity index (χ4v) is 3.44. The second-order valence-corrected chi connectivity index (χ2v) is 6.30. The molecule has 2 N–H and O–H groups in total. The first-order valence-corrected chi connectivity index (χ1v) is 7.93. The van der Waals surface area contributed by atoms with E-state index in [1.54, 1.807) is 0 Å². The number of rotatable bonds is 4. The number of imidazole rings is 1. The van der Waals surface area contributed by atoms with Gasteiger partial charge < -0.3 is 10.3 Å². The predicted octanol–water partition coefficient (Wildman–Crippen LogP) is 1.90. The number of hydrogen-bond acceptors (Lipinski definition) is 4. The van der Waals surface area contributed by atoms with Crippen molar-refractivity contribution in [1.29, 1.82) is 0 Å². The molecule has 1 unspecified atom stereocenters. The first kappa shape index (κ1) is 13.9. The third-order valence-electron chi connectivity index (χ3n) is 3.51. The van der Waals surface area contributed by atoms with E-state index in [-0.39, 0.29) is 0 Å². The van der Waals surface area contributed by atoms with Gasteiger partial charge in [-0.3, -0.25) is 4.90 Å². The molecule has 1 aliphatic rings. The quantitative estimate of drug-likeness (QED) is 0.906. The Hall–Kier alpha value is -0.520. The molecule has 2 heterocycles. The fraction of sp³-hybridized carbons (Fsp3) is 0.769. The summed E-state index contributed by atoms with van der Waals surface area (Å²) < 4.78 is 2.25. The molecule has 2 rings (SSSR count). The molecular weight excluding hydrogens is 244 g/mol. The Bertz CT molecular complexity index is 356. The largest absolute Gasteiger partial charge is 0.331 e. The lowest BCUT2D eigenvalue weighted by atomic mass is 10.1. The predicted molar refractivity (Wildman–Crippen MR) is 77.9 cm³/mol. The van der Waals surface area contributed by atoms with Gasteiger partial charge in [0, 0.05) is 31.1 Å². The van der Waals surface area contributed by atoms with E-state index in [0.717, 1.165) is 13.1 Å². The van der Waals surface area contributed by atoms with Crippen LogP contribution >= 0.6 is 11.8 Å². The van der Waals surface area contributed by atoms with Gasteiger partial charge in [0.15, 0.2) is 0 Å². The van der Waals surface area contributed by atoms with Crippen LogP contribution in [0.15, 0.2) is 12.5 Å². The van der Waals surface area contributed by atoms with Crippen LogP contribution in [0.25, 0.3) is 0 Å². The van der Waals surface area contributed by atoms with E-state index in [1.807, 2.05) is 12.5 Å². The van der Waals surface area contributed by atoms with E-state index in [2.05, 4.69) is 40.1 Å². The van der Waals surface area contributed by atoms with Gasteiger partial charge in [0.25, 0.3) is 0 Å². The van der Waals surface area contributed by atoms with Crippen molar-refractivity contribution in [2.75, 3.05) is 31.1 Å². The molecule has 0 bridgehead atoms. The highest BCUT2D eigenvalue weighted by Gasteiger charge is 2.23. The highest BCUT2D eigenvalue weighted by Crippen LogP contribution is 2.24. The summed E-state index contributed by atoms with van der Waals surface area (Å²) in [6.45, 7) is 7.34. The molecule has 1 saturated heterocycles. The number of hydrogen-bond donors (Lipinski definition) is 1. The molecule has 0 saturated carbocycles. The zero-order valence-electron chi connectivity index (χ0n) is 11.4. The Labute approximate surface area is 114 Å². The van der Waals surface area contributed by atoms with Crippen LogP contribution in [-0.2, 0) is 0 Å². The normalized spacial score (nSPS) is 20.0. The zero-order valence-corrected chi connectivity index (χ0v) is 12.2. The Balaban J connectivity index is 2.18. The average Bonchev–Trinajstić information content (AvgIpc) is 2.67. The van der Waals surface area contributed by atoms with Gasteiger partial charge in [-0.05, 0) is 32.6 Å². The number of aromatic nitrogens is 2. The van der Waals surface area contributed by atoms with Gasteiger partial charge in [-0.25, -0.2) is 4.98 Å². The van der Waals surface area contributed by atoms with Crippen LogP contribution in [0, 0.1) is 0 Å². The lowest BCUT2D eigenvalue weighted by molar-refractivity contribution is 0.208. The van der Waals surface area contributed by atoms with Crippen molar-refractivity contribution >= 4 is 11.8 Å². The summed E-state index contributed by atoms with van der Waals surface area (Å²) in [7, 11) is 0. The molecule has 1 atom stereocenters. The summed E-state index contributed by atoms with van der Waals surface area (Å²) in [5.74, 6) is 2.49. The molecule has 0 spiro atoms. The fourth-order valence-electron chi connectivity index (χ4n) is 2.54. The standard InChI is InChI=1S/C13H24N4S/c1-11(2)17-10-15-9-13(17)12(8-14)16-4-3-6-18-7-5-16/h9-12H,3-8,14H2,1-2H3. The van der Waals surface area contributed by atoms with E-state index >= 15 is 0 Å². The van der Waals surface area contributed by atoms with Crippen molar-refractivity contribution < 1.29 is 0 Å². The van der Waals surface area contributed by atoms with Crippen molar-refractivity contribution in [3.63, 3.8) is 0 Å². The maximum Gasteiger partial charge on any atom is 0.0951 e. The molecule has 102 valence electrons. The molecular formula is C13H24N4S. The smallest absolute Gasteiger partial charge is 0.0951 e. The molecule has 0 aromatic carbocycles. The van der Waals surface area contributed by atoms with Crippen molar-refractivity contribution in [2.24, 2.45) is 5.73 Å². The molecule has 0 aliphatic carbocycles. The first-order chi connectivity index (χ1) is 8.74.